The van der Waals surface area contributed by atoms with Gasteiger partial charge in [0.25, 0.3) is 11.8 Å². The molecule has 0 aliphatic carbocycles. The maximum atomic E-state index is 12.8. The molecule has 0 saturated heterocycles. The number of ether oxygens (including phenoxy) is 1. The Bertz CT molecular complexity index is 1040. The summed E-state index contributed by atoms with van der Waals surface area (Å²) in [6.45, 7) is 11.6. The molecular formula is C25H32N4O3. The highest BCUT2D eigenvalue weighted by molar-refractivity contribution is 6.10. The minimum Gasteiger partial charge on any atom is -0.383 e. The quantitative estimate of drug-likeness (QED) is 0.468. The van der Waals surface area contributed by atoms with Crippen molar-refractivity contribution in [2.75, 3.05) is 32.1 Å². The number of benzene rings is 1. The Labute approximate surface area is 190 Å². The summed E-state index contributed by atoms with van der Waals surface area (Å²) < 4.78 is 7.39. The SMILES string of the molecule is CCN(CC)C(=O)c1cccc(NC(=O)/C(C#N)=C\c2cc(C)n([C@@H](C)COC)c2C)c1. The summed E-state index contributed by atoms with van der Waals surface area (Å²) in [5.74, 6) is -0.616. The van der Waals surface area contributed by atoms with Gasteiger partial charge in [-0.05, 0) is 70.5 Å². The van der Waals surface area contributed by atoms with Crippen LogP contribution in [-0.2, 0) is 9.53 Å². The van der Waals surface area contributed by atoms with Crippen LogP contribution in [0.15, 0.2) is 35.9 Å². The highest BCUT2D eigenvalue weighted by Crippen LogP contribution is 2.23. The summed E-state index contributed by atoms with van der Waals surface area (Å²) in [5, 5.41) is 12.3. The monoisotopic (exact) mass is 436 g/mol. The molecule has 0 aliphatic heterocycles. The van der Waals surface area contributed by atoms with Crippen LogP contribution < -0.4 is 5.32 Å². The third-order valence-electron chi connectivity index (χ3n) is 5.46. The second kappa shape index (κ2) is 11.3. The number of carbonyl (C=O) groups is 2. The van der Waals surface area contributed by atoms with Crippen LogP contribution in [0.4, 0.5) is 5.69 Å². The first-order valence-corrected chi connectivity index (χ1v) is 10.8. The van der Waals surface area contributed by atoms with Crippen LogP contribution in [0.3, 0.4) is 0 Å². The number of hydrogen-bond donors (Lipinski definition) is 1. The average Bonchev–Trinajstić information content (AvgIpc) is 3.05. The van der Waals surface area contributed by atoms with E-state index < -0.39 is 5.91 Å². The fourth-order valence-electron chi connectivity index (χ4n) is 3.87. The van der Waals surface area contributed by atoms with Gasteiger partial charge in [-0.1, -0.05) is 6.07 Å². The van der Waals surface area contributed by atoms with Crippen molar-refractivity contribution in [2.24, 2.45) is 0 Å². The summed E-state index contributed by atoms with van der Waals surface area (Å²) in [6, 6.07) is 10.8. The molecule has 0 fully saturated rings. The van der Waals surface area contributed by atoms with Gasteiger partial charge in [0, 0.05) is 42.8 Å². The maximum absolute atomic E-state index is 12.8. The van der Waals surface area contributed by atoms with Gasteiger partial charge in [-0.15, -0.1) is 0 Å². The van der Waals surface area contributed by atoms with E-state index in [-0.39, 0.29) is 17.5 Å². The lowest BCUT2D eigenvalue weighted by atomic mass is 10.1. The van der Waals surface area contributed by atoms with Crippen LogP contribution >= 0.6 is 0 Å². The van der Waals surface area contributed by atoms with Crippen molar-refractivity contribution in [1.29, 1.82) is 5.26 Å². The van der Waals surface area contributed by atoms with Gasteiger partial charge >= 0.3 is 0 Å². The minimum atomic E-state index is -0.519. The van der Waals surface area contributed by atoms with E-state index in [1.165, 1.54) is 0 Å². The molecule has 7 heteroatoms. The summed E-state index contributed by atoms with van der Waals surface area (Å²) in [6.07, 6.45) is 1.60. The first kappa shape index (κ1) is 24.9. The molecule has 0 bridgehead atoms. The number of aryl methyl sites for hydroxylation is 1. The molecule has 170 valence electrons. The highest BCUT2D eigenvalue weighted by atomic mass is 16.5. The number of carbonyl (C=O) groups excluding carboxylic acids is 2. The number of aromatic nitrogens is 1. The summed E-state index contributed by atoms with van der Waals surface area (Å²) in [4.78, 5) is 27.1. The molecule has 1 N–H and O–H groups in total. The Morgan fingerprint density at radius 1 is 1.25 bits per heavy atom. The van der Waals surface area contributed by atoms with E-state index in [2.05, 4.69) is 16.8 Å². The van der Waals surface area contributed by atoms with Crippen LogP contribution in [0.2, 0.25) is 0 Å². The molecule has 0 saturated carbocycles. The first-order chi connectivity index (χ1) is 15.3. The normalized spacial score (nSPS) is 12.2. The predicted molar refractivity (Wildman–Crippen MR) is 126 cm³/mol. The second-order valence-corrected chi connectivity index (χ2v) is 7.68. The molecule has 32 heavy (non-hydrogen) atoms. The van der Waals surface area contributed by atoms with Crippen LogP contribution in [0.25, 0.3) is 6.08 Å². The van der Waals surface area contributed by atoms with E-state index in [1.807, 2.05) is 39.8 Å². The Morgan fingerprint density at radius 3 is 2.53 bits per heavy atom. The lowest BCUT2D eigenvalue weighted by molar-refractivity contribution is -0.112. The van der Waals surface area contributed by atoms with E-state index in [1.54, 1.807) is 42.4 Å². The lowest BCUT2D eigenvalue weighted by Gasteiger charge is -2.19. The maximum Gasteiger partial charge on any atom is 0.266 e. The first-order valence-electron chi connectivity index (χ1n) is 10.8. The summed E-state index contributed by atoms with van der Waals surface area (Å²) in [7, 11) is 1.66. The predicted octanol–water partition coefficient (Wildman–Crippen LogP) is 4.34. The molecule has 1 atom stereocenters. The van der Waals surface area contributed by atoms with Crippen molar-refractivity contribution in [3.63, 3.8) is 0 Å². The minimum absolute atomic E-state index is 0.00915. The molecule has 0 unspecified atom stereocenters. The van der Waals surface area contributed by atoms with Gasteiger partial charge in [0.2, 0.25) is 0 Å². The van der Waals surface area contributed by atoms with Gasteiger partial charge in [0.15, 0.2) is 0 Å². The molecule has 0 aliphatic rings. The molecule has 2 rings (SSSR count). The molecular weight excluding hydrogens is 404 g/mol. The van der Waals surface area contributed by atoms with Crippen LogP contribution in [0.1, 0.15) is 54.1 Å². The number of methoxy groups -OCH3 is 1. The molecule has 1 aromatic carbocycles. The second-order valence-electron chi connectivity index (χ2n) is 7.68. The Hall–Kier alpha value is -3.37. The lowest BCUT2D eigenvalue weighted by Crippen LogP contribution is -2.30. The number of amides is 2. The fourth-order valence-corrected chi connectivity index (χ4v) is 3.87. The van der Waals surface area contributed by atoms with Crippen LogP contribution in [0.5, 0.6) is 0 Å². The zero-order valence-electron chi connectivity index (χ0n) is 19.7. The van der Waals surface area contributed by atoms with E-state index in [4.69, 9.17) is 4.74 Å². The number of anilines is 1. The van der Waals surface area contributed by atoms with E-state index in [0.29, 0.717) is 30.9 Å². The molecule has 2 amide bonds. The van der Waals surface area contributed by atoms with Crippen LogP contribution in [0, 0.1) is 25.2 Å². The number of rotatable bonds is 9. The molecule has 0 spiro atoms. The summed E-state index contributed by atoms with van der Waals surface area (Å²) in [5.41, 5.74) is 3.74. The van der Waals surface area contributed by atoms with Crippen molar-refractivity contribution in [1.82, 2.24) is 9.47 Å². The molecule has 0 radical (unpaired) electrons. The number of nitrogens with zero attached hydrogens (tertiary/aromatic N) is 3. The van der Waals surface area contributed by atoms with Crippen molar-refractivity contribution in [3.8, 4) is 6.07 Å². The Morgan fingerprint density at radius 2 is 1.94 bits per heavy atom. The van der Waals surface area contributed by atoms with Crippen molar-refractivity contribution >= 4 is 23.6 Å². The van der Waals surface area contributed by atoms with Gasteiger partial charge in [0.05, 0.1) is 12.6 Å². The average molecular weight is 437 g/mol. The van der Waals surface area contributed by atoms with Crippen molar-refractivity contribution in [2.45, 2.75) is 40.7 Å². The topological polar surface area (TPSA) is 87.4 Å². The van der Waals surface area contributed by atoms with Crippen LogP contribution in [-0.4, -0.2) is 48.1 Å². The third-order valence-corrected chi connectivity index (χ3v) is 5.46. The van der Waals surface area contributed by atoms with Gasteiger partial charge < -0.3 is 19.5 Å². The van der Waals surface area contributed by atoms with E-state index in [9.17, 15) is 14.9 Å². The van der Waals surface area contributed by atoms with Crippen molar-refractivity contribution < 1.29 is 14.3 Å². The fraction of sp³-hybridized carbons (Fsp3) is 0.400. The standard InChI is InChI=1S/C25H32N4O3/c1-7-28(8-2)25(31)20-10-9-11-23(14-20)27-24(30)22(15-26)13-21-12-17(3)29(19(21)5)18(4)16-32-6/h9-14,18H,7-8,16H2,1-6H3,(H,27,30)/b22-13-/t18-/m0/s1. The van der Waals surface area contributed by atoms with Crippen molar-refractivity contribution in [3.05, 3.63) is 58.4 Å². The molecule has 1 aromatic heterocycles. The largest absolute Gasteiger partial charge is 0.383 e. The number of nitrogens with one attached hydrogen (secondary N) is 1. The Kier molecular flexibility index (Phi) is 8.80. The zero-order valence-corrected chi connectivity index (χ0v) is 19.7. The van der Waals surface area contributed by atoms with Gasteiger partial charge in [-0.3, -0.25) is 9.59 Å². The molecule has 7 nitrogen and oxygen atoms in total. The van der Waals surface area contributed by atoms with E-state index >= 15 is 0 Å². The van der Waals surface area contributed by atoms with Gasteiger partial charge in [-0.2, -0.15) is 5.26 Å². The van der Waals surface area contributed by atoms with E-state index in [0.717, 1.165) is 17.0 Å². The number of nitriles is 1. The molecule has 1 heterocycles. The molecule has 2 aromatic rings. The zero-order chi connectivity index (χ0) is 23.8. The highest BCUT2D eigenvalue weighted by Gasteiger charge is 2.17. The third kappa shape index (κ3) is 5.65. The Balaban J connectivity index is 2.27. The van der Waals surface area contributed by atoms with Gasteiger partial charge in [0.1, 0.15) is 11.6 Å². The smallest absolute Gasteiger partial charge is 0.266 e. The summed E-state index contributed by atoms with van der Waals surface area (Å²) >= 11 is 0. The number of hydrogen-bond acceptors (Lipinski definition) is 4. The van der Waals surface area contributed by atoms with Gasteiger partial charge in [-0.25, -0.2) is 0 Å².